The molecule has 0 saturated heterocycles. The van der Waals surface area contributed by atoms with Crippen molar-refractivity contribution < 1.29 is 18.7 Å². The molecule has 0 bridgehead atoms. The van der Waals surface area contributed by atoms with Crippen LogP contribution in [0.2, 0.25) is 0 Å². The number of carbonyl (C=O) groups is 1. The van der Waals surface area contributed by atoms with Gasteiger partial charge in [0, 0.05) is 43.0 Å². The second kappa shape index (κ2) is 10.9. The Morgan fingerprint density at radius 1 is 1.03 bits per heavy atom. The molecule has 3 N–H and O–H groups in total. The maximum Gasteiger partial charge on any atom is 0.251 e. The molecule has 1 amide bonds. The van der Waals surface area contributed by atoms with Gasteiger partial charge in [0.05, 0.1) is 20.8 Å². The Kier molecular flexibility index (Phi) is 7.45. The fourth-order valence-electron chi connectivity index (χ4n) is 3.79. The van der Waals surface area contributed by atoms with Crippen molar-refractivity contribution in [1.82, 2.24) is 20.9 Å². The molecule has 0 aliphatic carbocycles. The van der Waals surface area contributed by atoms with E-state index in [1.165, 1.54) is 6.20 Å². The highest BCUT2D eigenvalue weighted by Gasteiger charge is 2.15. The zero-order chi connectivity index (χ0) is 24.8. The van der Waals surface area contributed by atoms with Gasteiger partial charge < -0.3 is 25.4 Å². The van der Waals surface area contributed by atoms with Gasteiger partial charge in [-0.05, 0) is 65.6 Å². The number of nitrogens with zero attached hydrogens (tertiary/aromatic N) is 2. The first kappa shape index (κ1) is 24.0. The van der Waals surface area contributed by atoms with Crippen LogP contribution in [0, 0.1) is 12.9 Å². The third kappa shape index (κ3) is 6.06. The average Bonchev–Trinajstić information content (AvgIpc) is 3.40. The van der Waals surface area contributed by atoms with E-state index in [2.05, 4.69) is 25.9 Å². The van der Waals surface area contributed by atoms with Crippen LogP contribution in [-0.4, -0.2) is 44.2 Å². The van der Waals surface area contributed by atoms with E-state index in [1.54, 1.807) is 38.5 Å². The molecule has 9 heteroatoms. The van der Waals surface area contributed by atoms with Crippen LogP contribution in [0.3, 0.4) is 0 Å². The van der Waals surface area contributed by atoms with E-state index >= 15 is 0 Å². The topological polar surface area (TPSA) is 96.9 Å². The number of guanidine groups is 1. The molecular weight excluding hydrogens is 449 g/mol. The Bertz CT molecular complexity index is 1240. The van der Waals surface area contributed by atoms with Crippen LogP contribution in [0.25, 0.3) is 11.1 Å². The molecule has 8 nitrogen and oxygen atoms in total. The van der Waals surface area contributed by atoms with E-state index in [0.717, 1.165) is 23.2 Å². The third-order valence-electron chi connectivity index (χ3n) is 5.54. The number of aromatic nitrogens is 1. The summed E-state index contributed by atoms with van der Waals surface area (Å²) in [6, 6.07) is 12.5. The predicted molar refractivity (Wildman–Crippen MR) is 132 cm³/mol. The number of benzene rings is 2. The first-order valence-electron chi connectivity index (χ1n) is 11.2. The molecule has 0 fully saturated rings. The highest BCUT2D eigenvalue weighted by atomic mass is 19.1. The lowest BCUT2D eigenvalue weighted by molar-refractivity contribution is 0.0950. The zero-order valence-corrected chi connectivity index (χ0v) is 19.9. The maximum atomic E-state index is 14.6. The summed E-state index contributed by atoms with van der Waals surface area (Å²) in [5.74, 6) is 1.10. The van der Waals surface area contributed by atoms with Gasteiger partial charge >= 0.3 is 0 Å². The predicted octanol–water partition coefficient (Wildman–Crippen LogP) is 3.19. The fraction of sp³-hybridized carbons (Fsp3) is 0.269. The number of aryl methyl sites for hydroxylation is 1. The normalized spacial score (nSPS) is 12.5. The molecule has 2 aromatic carbocycles. The summed E-state index contributed by atoms with van der Waals surface area (Å²) in [6.45, 7) is 4.04. The zero-order valence-electron chi connectivity index (χ0n) is 19.9. The number of amides is 1. The lowest BCUT2D eigenvalue weighted by atomic mass is 9.99. The smallest absolute Gasteiger partial charge is 0.251 e. The summed E-state index contributed by atoms with van der Waals surface area (Å²) in [6.07, 6.45) is 1.48. The Labute approximate surface area is 203 Å². The van der Waals surface area contributed by atoms with Crippen molar-refractivity contribution in [3.63, 3.8) is 0 Å². The minimum atomic E-state index is -0.586. The first-order valence-corrected chi connectivity index (χ1v) is 11.2. The van der Waals surface area contributed by atoms with Gasteiger partial charge in [0.1, 0.15) is 11.5 Å². The number of halogens is 1. The van der Waals surface area contributed by atoms with Gasteiger partial charge in [-0.25, -0.2) is 4.98 Å². The number of hydrogen-bond donors (Lipinski definition) is 3. The molecule has 1 aliphatic rings. The number of hydrogen-bond acceptors (Lipinski definition) is 7. The number of nitrogens with one attached hydrogen (secondary N) is 3. The Morgan fingerprint density at radius 3 is 2.46 bits per heavy atom. The van der Waals surface area contributed by atoms with Crippen LogP contribution < -0.4 is 25.4 Å². The molecule has 0 saturated carbocycles. The summed E-state index contributed by atoms with van der Waals surface area (Å²) in [4.78, 5) is 21.3. The van der Waals surface area contributed by atoms with Gasteiger partial charge in [-0.15, -0.1) is 0 Å². The standard InChI is InChI=1S/C26H28FN5O3/c1-16-6-23(24(27)30-13-16)19-7-17(15-32-26-28-4-5-29-26)8-20(11-19)25(33)31-14-18-9-21(34-2)12-22(10-18)35-3/h6-13H,4-5,14-15H2,1-3H3,(H,31,33)(H2,28,29,32). The minimum Gasteiger partial charge on any atom is -0.497 e. The molecule has 0 spiro atoms. The first-order chi connectivity index (χ1) is 16.9. The fourth-order valence-corrected chi connectivity index (χ4v) is 3.79. The van der Waals surface area contributed by atoms with Crippen molar-refractivity contribution in [3.05, 3.63) is 76.9 Å². The monoisotopic (exact) mass is 477 g/mol. The maximum absolute atomic E-state index is 14.6. The Hall–Kier alpha value is -4.14. The third-order valence-corrected chi connectivity index (χ3v) is 5.54. The van der Waals surface area contributed by atoms with E-state index in [0.29, 0.717) is 47.2 Å². The van der Waals surface area contributed by atoms with Crippen molar-refractivity contribution in [2.75, 3.05) is 27.3 Å². The number of rotatable bonds is 8. The van der Waals surface area contributed by atoms with E-state index in [4.69, 9.17) is 9.47 Å². The van der Waals surface area contributed by atoms with E-state index in [-0.39, 0.29) is 12.5 Å². The molecule has 0 radical (unpaired) electrons. The summed E-state index contributed by atoms with van der Waals surface area (Å²) in [7, 11) is 3.15. The number of ether oxygens (including phenoxy) is 2. The van der Waals surface area contributed by atoms with Crippen molar-refractivity contribution in [3.8, 4) is 22.6 Å². The van der Waals surface area contributed by atoms with Gasteiger partial charge in [-0.3, -0.25) is 9.79 Å². The van der Waals surface area contributed by atoms with Crippen molar-refractivity contribution in [1.29, 1.82) is 0 Å². The molecule has 0 unspecified atom stereocenters. The molecule has 1 aromatic heterocycles. The summed E-state index contributed by atoms with van der Waals surface area (Å²) in [5, 5.41) is 9.31. The van der Waals surface area contributed by atoms with Crippen LogP contribution in [-0.2, 0) is 13.1 Å². The van der Waals surface area contributed by atoms with E-state index in [9.17, 15) is 9.18 Å². The Balaban J connectivity index is 1.60. The highest BCUT2D eigenvalue weighted by Crippen LogP contribution is 2.26. The average molecular weight is 478 g/mol. The van der Waals surface area contributed by atoms with Gasteiger partial charge in [0.25, 0.3) is 5.91 Å². The van der Waals surface area contributed by atoms with Crippen LogP contribution in [0.5, 0.6) is 11.5 Å². The molecule has 4 rings (SSSR count). The van der Waals surface area contributed by atoms with Crippen LogP contribution in [0.1, 0.15) is 27.0 Å². The molecular formula is C26H28FN5O3. The van der Waals surface area contributed by atoms with Gasteiger partial charge in [-0.1, -0.05) is 0 Å². The van der Waals surface area contributed by atoms with Gasteiger partial charge in [-0.2, -0.15) is 4.39 Å². The summed E-state index contributed by atoms with van der Waals surface area (Å²) < 4.78 is 25.2. The number of carbonyl (C=O) groups excluding carboxylic acids is 1. The van der Waals surface area contributed by atoms with Crippen LogP contribution >= 0.6 is 0 Å². The lowest BCUT2D eigenvalue weighted by Gasteiger charge is -2.13. The minimum absolute atomic E-state index is 0.269. The molecule has 2 heterocycles. The second-order valence-corrected chi connectivity index (χ2v) is 8.18. The summed E-state index contributed by atoms with van der Waals surface area (Å²) >= 11 is 0. The number of aliphatic imine (C=N–C) groups is 1. The van der Waals surface area contributed by atoms with Crippen LogP contribution in [0.4, 0.5) is 4.39 Å². The molecule has 3 aromatic rings. The van der Waals surface area contributed by atoms with Gasteiger partial charge in [0.15, 0.2) is 5.96 Å². The van der Waals surface area contributed by atoms with Crippen LogP contribution in [0.15, 0.2) is 53.7 Å². The molecule has 0 atom stereocenters. The lowest BCUT2D eigenvalue weighted by Crippen LogP contribution is -2.33. The number of pyridine rings is 1. The van der Waals surface area contributed by atoms with Crippen molar-refractivity contribution in [2.24, 2.45) is 4.99 Å². The van der Waals surface area contributed by atoms with E-state index < -0.39 is 5.95 Å². The summed E-state index contributed by atoms with van der Waals surface area (Å²) in [5.41, 5.74) is 3.80. The molecule has 1 aliphatic heterocycles. The molecule has 35 heavy (non-hydrogen) atoms. The SMILES string of the molecule is COc1cc(CNC(=O)c2cc(CNC3=NCCN3)cc(-c3cc(C)cnc3F)c2)cc(OC)c1. The van der Waals surface area contributed by atoms with Gasteiger partial charge in [0.2, 0.25) is 5.95 Å². The van der Waals surface area contributed by atoms with E-state index in [1.807, 2.05) is 25.1 Å². The second-order valence-electron chi connectivity index (χ2n) is 8.18. The van der Waals surface area contributed by atoms with Crippen molar-refractivity contribution >= 4 is 11.9 Å². The van der Waals surface area contributed by atoms with Crippen molar-refractivity contribution in [2.45, 2.75) is 20.0 Å². The Morgan fingerprint density at radius 2 is 1.77 bits per heavy atom. The number of methoxy groups -OCH3 is 2. The molecule has 182 valence electrons. The largest absolute Gasteiger partial charge is 0.497 e. The highest BCUT2D eigenvalue weighted by molar-refractivity contribution is 5.95. The quantitative estimate of drug-likeness (QED) is 0.431.